The molecule has 2 heterocycles. The van der Waals surface area contributed by atoms with Crippen LogP contribution in [0.1, 0.15) is 36.6 Å². The highest BCUT2D eigenvalue weighted by molar-refractivity contribution is 7.09. The lowest BCUT2D eigenvalue weighted by Gasteiger charge is -2.16. The maximum absolute atomic E-state index is 5.34. The van der Waals surface area contributed by atoms with Crippen molar-refractivity contribution < 1.29 is 4.42 Å². The van der Waals surface area contributed by atoms with Crippen molar-refractivity contribution in [2.75, 3.05) is 0 Å². The SMILES string of the molecule is CC(N[C@@H](C)c1ccco1)c1cncs1. The van der Waals surface area contributed by atoms with Gasteiger partial charge in [-0.3, -0.25) is 4.98 Å². The maximum Gasteiger partial charge on any atom is 0.120 e. The summed E-state index contributed by atoms with van der Waals surface area (Å²) in [5, 5.41) is 3.46. The first-order chi connectivity index (χ1) is 7.27. The summed E-state index contributed by atoms with van der Waals surface area (Å²) < 4.78 is 5.34. The van der Waals surface area contributed by atoms with E-state index in [1.165, 1.54) is 4.88 Å². The second-order valence-electron chi connectivity index (χ2n) is 3.53. The standard InChI is InChI=1S/C11H14N2OS/c1-8(10-4-3-5-14-10)13-9(2)11-6-12-7-15-11/h3-9,13H,1-2H3/t8-,9?/m0/s1. The Morgan fingerprint density at radius 3 is 2.87 bits per heavy atom. The van der Waals surface area contributed by atoms with Crippen molar-refractivity contribution in [3.05, 3.63) is 40.7 Å². The molecule has 1 N–H and O–H groups in total. The molecule has 0 aromatic carbocycles. The van der Waals surface area contributed by atoms with Crippen molar-refractivity contribution >= 4 is 11.3 Å². The summed E-state index contributed by atoms with van der Waals surface area (Å²) in [6, 6.07) is 4.41. The van der Waals surface area contributed by atoms with E-state index < -0.39 is 0 Å². The van der Waals surface area contributed by atoms with E-state index in [1.54, 1.807) is 17.6 Å². The lowest BCUT2D eigenvalue weighted by molar-refractivity contribution is 0.405. The Bertz CT molecular complexity index is 344. The molecule has 0 bridgehead atoms. The summed E-state index contributed by atoms with van der Waals surface area (Å²) in [5.41, 5.74) is 1.85. The highest BCUT2D eigenvalue weighted by Gasteiger charge is 2.13. The fourth-order valence-electron chi connectivity index (χ4n) is 1.52. The largest absolute Gasteiger partial charge is 0.468 e. The molecule has 4 heteroatoms. The summed E-state index contributed by atoms with van der Waals surface area (Å²) in [5.74, 6) is 0.964. The summed E-state index contributed by atoms with van der Waals surface area (Å²) in [6.07, 6.45) is 3.60. The van der Waals surface area contributed by atoms with Crippen LogP contribution in [-0.2, 0) is 0 Å². The highest BCUT2D eigenvalue weighted by Crippen LogP contribution is 2.21. The number of nitrogens with zero attached hydrogens (tertiary/aromatic N) is 1. The number of nitrogens with one attached hydrogen (secondary N) is 1. The minimum atomic E-state index is 0.220. The van der Waals surface area contributed by atoms with Crippen molar-refractivity contribution in [3.63, 3.8) is 0 Å². The van der Waals surface area contributed by atoms with Gasteiger partial charge in [0.15, 0.2) is 0 Å². The van der Waals surface area contributed by atoms with Gasteiger partial charge in [-0.2, -0.15) is 0 Å². The van der Waals surface area contributed by atoms with Gasteiger partial charge in [0.2, 0.25) is 0 Å². The highest BCUT2D eigenvalue weighted by atomic mass is 32.1. The molecular formula is C11H14N2OS. The predicted molar refractivity (Wildman–Crippen MR) is 60.8 cm³/mol. The molecule has 1 unspecified atom stereocenters. The Hall–Kier alpha value is -1.13. The Balaban J connectivity index is 1.98. The molecule has 80 valence electrons. The molecule has 0 aliphatic carbocycles. The van der Waals surface area contributed by atoms with Crippen LogP contribution in [0.25, 0.3) is 0 Å². The first kappa shape index (κ1) is 10.4. The van der Waals surface area contributed by atoms with Crippen LogP contribution >= 0.6 is 11.3 Å². The number of hydrogen-bond acceptors (Lipinski definition) is 4. The number of thiazole rings is 1. The fourth-order valence-corrected chi connectivity index (χ4v) is 2.15. The lowest BCUT2D eigenvalue weighted by Crippen LogP contribution is -2.21. The van der Waals surface area contributed by atoms with Gasteiger partial charge in [0.1, 0.15) is 5.76 Å². The second kappa shape index (κ2) is 4.59. The Labute approximate surface area is 93.2 Å². The van der Waals surface area contributed by atoms with E-state index in [2.05, 4.69) is 24.1 Å². The van der Waals surface area contributed by atoms with E-state index in [-0.39, 0.29) is 6.04 Å². The quantitative estimate of drug-likeness (QED) is 0.863. The van der Waals surface area contributed by atoms with Crippen LogP contribution in [0.4, 0.5) is 0 Å². The van der Waals surface area contributed by atoms with Crippen molar-refractivity contribution in [1.29, 1.82) is 0 Å². The number of rotatable bonds is 4. The Morgan fingerprint density at radius 2 is 2.27 bits per heavy atom. The van der Waals surface area contributed by atoms with Crippen LogP contribution in [0, 0.1) is 0 Å². The maximum atomic E-state index is 5.34. The zero-order valence-corrected chi connectivity index (χ0v) is 9.62. The molecule has 0 saturated carbocycles. The summed E-state index contributed by atoms with van der Waals surface area (Å²) in [6.45, 7) is 4.23. The van der Waals surface area contributed by atoms with Crippen molar-refractivity contribution in [2.45, 2.75) is 25.9 Å². The molecule has 2 aromatic rings. The molecule has 0 radical (unpaired) electrons. The molecule has 2 aromatic heterocycles. The summed E-state index contributed by atoms with van der Waals surface area (Å²) in [4.78, 5) is 5.31. The molecule has 0 amide bonds. The summed E-state index contributed by atoms with van der Waals surface area (Å²) in [7, 11) is 0. The zero-order chi connectivity index (χ0) is 10.7. The number of hydrogen-bond donors (Lipinski definition) is 1. The van der Waals surface area contributed by atoms with E-state index in [0.717, 1.165) is 5.76 Å². The van der Waals surface area contributed by atoms with Crippen LogP contribution in [-0.4, -0.2) is 4.98 Å². The van der Waals surface area contributed by atoms with Crippen LogP contribution in [0.2, 0.25) is 0 Å². The molecule has 2 rings (SSSR count). The van der Waals surface area contributed by atoms with E-state index in [4.69, 9.17) is 4.42 Å². The third-order valence-electron chi connectivity index (χ3n) is 2.35. The monoisotopic (exact) mass is 222 g/mol. The topological polar surface area (TPSA) is 38.1 Å². The van der Waals surface area contributed by atoms with Crippen molar-refractivity contribution in [1.82, 2.24) is 10.3 Å². The van der Waals surface area contributed by atoms with E-state index in [0.29, 0.717) is 6.04 Å². The lowest BCUT2D eigenvalue weighted by atomic mass is 10.2. The predicted octanol–water partition coefficient (Wildman–Crippen LogP) is 3.15. The van der Waals surface area contributed by atoms with Crippen molar-refractivity contribution in [3.8, 4) is 0 Å². The average molecular weight is 222 g/mol. The first-order valence-corrected chi connectivity index (χ1v) is 5.83. The molecule has 0 aliphatic rings. The molecule has 0 aliphatic heterocycles. The third kappa shape index (κ3) is 2.46. The van der Waals surface area contributed by atoms with Crippen LogP contribution in [0.3, 0.4) is 0 Å². The van der Waals surface area contributed by atoms with E-state index >= 15 is 0 Å². The first-order valence-electron chi connectivity index (χ1n) is 4.95. The third-order valence-corrected chi connectivity index (χ3v) is 3.31. The van der Waals surface area contributed by atoms with Gasteiger partial charge in [-0.15, -0.1) is 11.3 Å². The molecule has 0 spiro atoms. The van der Waals surface area contributed by atoms with Crippen molar-refractivity contribution in [2.24, 2.45) is 0 Å². The van der Waals surface area contributed by atoms with Gasteiger partial charge < -0.3 is 9.73 Å². The van der Waals surface area contributed by atoms with Gasteiger partial charge in [-0.05, 0) is 26.0 Å². The summed E-state index contributed by atoms with van der Waals surface area (Å²) >= 11 is 1.67. The molecular weight excluding hydrogens is 208 g/mol. The Kier molecular flexibility index (Phi) is 3.18. The normalized spacial score (nSPS) is 15.1. The molecule has 0 saturated heterocycles. The van der Waals surface area contributed by atoms with Crippen LogP contribution in [0.15, 0.2) is 34.5 Å². The zero-order valence-electron chi connectivity index (χ0n) is 8.81. The molecule has 0 fully saturated rings. The van der Waals surface area contributed by atoms with Gasteiger partial charge in [0.25, 0.3) is 0 Å². The minimum absolute atomic E-state index is 0.220. The van der Waals surface area contributed by atoms with Gasteiger partial charge in [0.05, 0.1) is 17.8 Å². The molecule has 15 heavy (non-hydrogen) atoms. The second-order valence-corrected chi connectivity index (χ2v) is 4.45. The van der Waals surface area contributed by atoms with Gasteiger partial charge in [0, 0.05) is 17.1 Å². The molecule has 3 nitrogen and oxygen atoms in total. The van der Waals surface area contributed by atoms with Crippen LogP contribution in [0.5, 0.6) is 0 Å². The fraction of sp³-hybridized carbons (Fsp3) is 0.364. The molecule has 2 atom stereocenters. The van der Waals surface area contributed by atoms with Gasteiger partial charge >= 0.3 is 0 Å². The average Bonchev–Trinajstić information content (AvgIpc) is 2.91. The number of aromatic nitrogens is 1. The minimum Gasteiger partial charge on any atom is -0.468 e. The van der Waals surface area contributed by atoms with Gasteiger partial charge in [-0.25, -0.2) is 0 Å². The van der Waals surface area contributed by atoms with Crippen LogP contribution < -0.4 is 5.32 Å². The Morgan fingerprint density at radius 1 is 1.40 bits per heavy atom. The number of furan rings is 1. The van der Waals surface area contributed by atoms with Gasteiger partial charge in [-0.1, -0.05) is 0 Å². The van der Waals surface area contributed by atoms with E-state index in [1.807, 2.05) is 23.8 Å². The smallest absolute Gasteiger partial charge is 0.120 e. The van der Waals surface area contributed by atoms with E-state index in [9.17, 15) is 0 Å².